The summed E-state index contributed by atoms with van der Waals surface area (Å²) in [7, 11) is 0. The number of anilines is 1. The van der Waals surface area contributed by atoms with Crippen molar-refractivity contribution in [3.8, 4) is 0 Å². The average molecular weight is 393 g/mol. The van der Waals surface area contributed by atoms with Gasteiger partial charge in [0.1, 0.15) is 5.82 Å². The minimum atomic E-state index is -0.863. The molecule has 2 rings (SSSR count). The van der Waals surface area contributed by atoms with Gasteiger partial charge in [-0.05, 0) is 55.2 Å². The van der Waals surface area contributed by atoms with Crippen molar-refractivity contribution in [2.75, 3.05) is 5.32 Å². The van der Waals surface area contributed by atoms with Crippen LogP contribution in [0.2, 0.25) is 0 Å². The third-order valence-corrected chi connectivity index (χ3v) is 4.08. The molecule has 0 bridgehead atoms. The van der Waals surface area contributed by atoms with Crippen LogP contribution in [0, 0.1) is 5.82 Å². The average Bonchev–Trinajstić information content (AvgIpc) is 2.55. The minimum absolute atomic E-state index is 0.173. The maximum absolute atomic E-state index is 13.4. The number of nitrogens with one attached hydrogen (secondary N) is 1. The van der Waals surface area contributed by atoms with E-state index in [-0.39, 0.29) is 11.5 Å². The van der Waals surface area contributed by atoms with E-state index in [9.17, 15) is 14.0 Å². The maximum atomic E-state index is 13.4. The van der Waals surface area contributed by atoms with Crippen LogP contribution in [0.4, 0.5) is 10.1 Å². The fourth-order valence-corrected chi connectivity index (χ4v) is 2.55. The second kappa shape index (κ2) is 8.59. The fraction of sp³-hybridized carbons (Fsp3) is 0.222. The molecule has 0 fully saturated rings. The number of hydrogen-bond acceptors (Lipinski definition) is 2. The molecule has 0 aliphatic carbocycles. The number of carbonyl (C=O) groups excluding carboxylic acids is 2. The number of aryl methyl sites for hydroxylation is 1. The van der Waals surface area contributed by atoms with Crippen LogP contribution in [0.1, 0.15) is 35.2 Å². The van der Waals surface area contributed by atoms with Gasteiger partial charge in [-0.1, -0.05) is 28.1 Å². The smallest absolute Gasteiger partial charge is 0.251 e. The van der Waals surface area contributed by atoms with E-state index in [0.717, 1.165) is 29.8 Å². The highest BCUT2D eigenvalue weighted by atomic mass is 79.9. The molecule has 0 unspecified atom stereocenters. The Labute approximate surface area is 148 Å². The minimum Gasteiger partial charge on any atom is -0.366 e. The number of rotatable bonds is 7. The lowest BCUT2D eigenvalue weighted by Gasteiger charge is -2.07. The highest BCUT2D eigenvalue weighted by Gasteiger charge is 2.10. The molecule has 2 aromatic carbocycles. The van der Waals surface area contributed by atoms with Gasteiger partial charge < -0.3 is 11.1 Å². The van der Waals surface area contributed by atoms with Crippen molar-refractivity contribution >= 4 is 33.4 Å². The van der Waals surface area contributed by atoms with Gasteiger partial charge in [-0.2, -0.15) is 0 Å². The van der Waals surface area contributed by atoms with E-state index in [1.165, 1.54) is 17.7 Å². The van der Waals surface area contributed by atoms with Gasteiger partial charge in [-0.15, -0.1) is 0 Å². The van der Waals surface area contributed by atoms with Crippen LogP contribution in [0.25, 0.3) is 0 Å². The Morgan fingerprint density at radius 3 is 2.46 bits per heavy atom. The molecule has 2 aromatic rings. The van der Waals surface area contributed by atoms with Crippen LogP contribution in [0.5, 0.6) is 0 Å². The largest absolute Gasteiger partial charge is 0.366 e. The Balaban J connectivity index is 1.78. The monoisotopic (exact) mass is 392 g/mol. The number of carbonyl (C=O) groups is 2. The Kier molecular flexibility index (Phi) is 6.49. The van der Waals surface area contributed by atoms with E-state index < -0.39 is 11.7 Å². The van der Waals surface area contributed by atoms with Gasteiger partial charge in [0, 0.05) is 16.6 Å². The molecule has 24 heavy (non-hydrogen) atoms. The fourth-order valence-electron chi connectivity index (χ4n) is 2.28. The number of primary amides is 1. The number of nitrogens with two attached hydrogens (primary N) is 1. The summed E-state index contributed by atoms with van der Waals surface area (Å²) in [5.41, 5.74) is 6.44. The predicted molar refractivity (Wildman–Crippen MR) is 95.2 cm³/mol. The molecule has 0 atom stereocenters. The first-order chi connectivity index (χ1) is 11.5. The number of halogens is 2. The molecule has 4 nitrogen and oxygen atoms in total. The summed E-state index contributed by atoms with van der Waals surface area (Å²) >= 11 is 3.39. The Morgan fingerprint density at radius 2 is 1.79 bits per heavy atom. The van der Waals surface area contributed by atoms with Gasteiger partial charge in [0.15, 0.2) is 0 Å². The van der Waals surface area contributed by atoms with Crippen molar-refractivity contribution in [3.63, 3.8) is 0 Å². The summed E-state index contributed by atoms with van der Waals surface area (Å²) < 4.78 is 14.4. The molecule has 0 heterocycles. The molecule has 0 saturated heterocycles. The van der Waals surface area contributed by atoms with Crippen LogP contribution in [-0.2, 0) is 11.2 Å². The second-order valence-corrected chi connectivity index (χ2v) is 6.36. The zero-order valence-corrected chi connectivity index (χ0v) is 14.6. The Morgan fingerprint density at radius 1 is 1.08 bits per heavy atom. The third-order valence-electron chi connectivity index (χ3n) is 3.55. The summed E-state index contributed by atoms with van der Waals surface area (Å²) in [6, 6.07) is 11.9. The topological polar surface area (TPSA) is 72.2 Å². The van der Waals surface area contributed by atoms with Gasteiger partial charge in [0.05, 0.1) is 5.56 Å². The van der Waals surface area contributed by atoms with Gasteiger partial charge in [0.25, 0.3) is 5.91 Å². The molecule has 6 heteroatoms. The van der Waals surface area contributed by atoms with Crippen LogP contribution in [-0.4, -0.2) is 11.8 Å². The molecule has 0 radical (unpaired) electrons. The molecule has 126 valence electrons. The van der Waals surface area contributed by atoms with Crippen molar-refractivity contribution < 1.29 is 14.0 Å². The second-order valence-electron chi connectivity index (χ2n) is 5.44. The van der Waals surface area contributed by atoms with E-state index in [4.69, 9.17) is 5.73 Å². The third kappa shape index (κ3) is 5.45. The summed E-state index contributed by atoms with van der Waals surface area (Å²) in [4.78, 5) is 23.0. The lowest BCUT2D eigenvalue weighted by atomic mass is 10.1. The van der Waals surface area contributed by atoms with Gasteiger partial charge in [-0.3, -0.25) is 9.59 Å². The van der Waals surface area contributed by atoms with Crippen molar-refractivity contribution in [1.29, 1.82) is 0 Å². The summed E-state index contributed by atoms with van der Waals surface area (Å²) in [5.74, 6) is -1.74. The number of unbranched alkanes of at least 4 members (excludes halogenated alkanes) is 1. The van der Waals surface area contributed by atoms with Crippen LogP contribution < -0.4 is 11.1 Å². The number of amides is 2. The van der Waals surface area contributed by atoms with E-state index >= 15 is 0 Å². The summed E-state index contributed by atoms with van der Waals surface area (Å²) in [5, 5.41) is 2.65. The molecule has 0 aliphatic rings. The zero-order valence-electron chi connectivity index (χ0n) is 13.0. The van der Waals surface area contributed by atoms with Crippen LogP contribution in [0.3, 0.4) is 0 Å². The molecule has 0 aromatic heterocycles. The number of hydrogen-bond donors (Lipinski definition) is 2. The van der Waals surface area contributed by atoms with Crippen molar-refractivity contribution in [3.05, 3.63) is 63.9 Å². The normalized spacial score (nSPS) is 10.4. The molecule has 3 N–H and O–H groups in total. The highest BCUT2D eigenvalue weighted by Crippen LogP contribution is 2.16. The summed E-state index contributed by atoms with van der Waals surface area (Å²) in [6.45, 7) is 0. The van der Waals surface area contributed by atoms with Crippen molar-refractivity contribution in [2.24, 2.45) is 5.73 Å². The zero-order chi connectivity index (χ0) is 17.5. The Hall–Kier alpha value is -2.21. The van der Waals surface area contributed by atoms with E-state index in [1.54, 1.807) is 0 Å². The molecule has 0 aliphatic heterocycles. The van der Waals surface area contributed by atoms with Crippen molar-refractivity contribution in [2.45, 2.75) is 25.7 Å². The molecular weight excluding hydrogens is 375 g/mol. The quantitative estimate of drug-likeness (QED) is 0.697. The predicted octanol–water partition coefficient (Wildman–Crippen LogP) is 4.04. The lowest BCUT2D eigenvalue weighted by molar-refractivity contribution is -0.116. The van der Waals surface area contributed by atoms with Gasteiger partial charge >= 0.3 is 0 Å². The lowest BCUT2D eigenvalue weighted by Crippen LogP contribution is -2.15. The molecule has 0 spiro atoms. The van der Waals surface area contributed by atoms with Crippen molar-refractivity contribution in [1.82, 2.24) is 0 Å². The molecule has 2 amide bonds. The summed E-state index contributed by atoms with van der Waals surface area (Å²) in [6.07, 6.45) is 2.90. The Bertz CT molecular complexity index is 732. The van der Waals surface area contributed by atoms with E-state index in [2.05, 4.69) is 21.2 Å². The number of benzene rings is 2. The maximum Gasteiger partial charge on any atom is 0.251 e. The molecular formula is C18H18BrFN2O2. The van der Waals surface area contributed by atoms with Gasteiger partial charge in [-0.25, -0.2) is 4.39 Å². The standard InChI is InChI=1S/C18H18BrFN2O2/c19-13-7-5-12(6-8-13)3-1-2-4-17(23)22-14-9-10-16(20)15(11-14)18(21)24/h5-11H,1-4H2,(H2,21,24)(H,22,23). The first-order valence-electron chi connectivity index (χ1n) is 7.59. The van der Waals surface area contributed by atoms with Crippen LogP contribution in [0.15, 0.2) is 46.9 Å². The van der Waals surface area contributed by atoms with E-state index in [0.29, 0.717) is 12.1 Å². The highest BCUT2D eigenvalue weighted by molar-refractivity contribution is 9.10. The molecule has 0 saturated carbocycles. The first kappa shape index (κ1) is 18.1. The van der Waals surface area contributed by atoms with Gasteiger partial charge in [0.2, 0.25) is 5.91 Å². The SMILES string of the molecule is NC(=O)c1cc(NC(=O)CCCCc2ccc(Br)cc2)ccc1F. The van der Waals surface area contributed by atoms with E-state index in [1.807, 2.05) is 24.3 Å². The first-order valence-corrected chi connectivity index (χ1v) is 8.38. The van der Waals surface area contributed by atoms with Crippen LogP contribution >= 0.6 is 15.9 Å².